The van der Waals surface area contributed by atoms with E-state index in [1.807, 2.05) is 6.07 Å². The van der Waals surface area contributed by atoms with E-state index in [1.54, 1.807) is 0 Å². The molecular weight excluding hydrogens is 216 g/mol. The summed E-state index contributed by atoms with van der Waals surface area (Å²) in [6.07, 6.45) is 2.61. The monoisotopic (exact) mass is 230 g/mol. The highest BCUT2D eigenvalue weighted by molar-refractivity contribution is 7.71. The van der Waals surface area contributed by atoms with Gasteiger partial charge in [0.15, 0.2) is 0 Å². The summed E-state index contributed by atoms with van der Waals surface area (Å²) < 4.78 is 2.96. The smallest absolute Gasteiger partial charge is 0.122 e. The lowest BCUT2D eigenvalue weighted by atomic mass is 10.2. The molecule has 0 radical (unpaired) electrons. The molecule has 1 fully saturated rings. The standard InChI is InChI=1S/C13H14N2S/c16-13-8-12(11-6-7-11)14-15(13)9-10-4-2-1-3-5-10/h1-5,8,11,14H,6-7,9H2. The van der Waals surface area contributed by atoms with Gasteiger partial charge in [-0.05, 0) is 24.5 Å². The van der Waals surface area contributed by atoms with Gasteiger partial charge in [-0.2, -0.15) is 0 Å². The number of nitrogens with one attached hydrogen (secondary N) is 1. The van der Waals surface area contributed by atoms with Gasteiger partial charge >= 0.3 is 0 Å². The molecule has 1 aromatic carbocycles. The zero-order valence-corrected chi connectivity index (χ0v) is 9.83. The summed E-state index contributed by atoms with van der Waals surface area (Å²) in [4.78, 5) is 0. The average molecular weight is 230 g/mol. The van der Waals surface area contributed by atoms with Crippen LogP contribution >= 0.6 is 12.2 Å². The van der Waals surface area contributed by atoms with E-state index in [2.05, 4.69) is 40.1 Å². The number of rotatable bonds is 3. The first-order valence-corrected chi connectivity index (χ1v) is 6.07. The van der Waals surface area contributed by atoms with Crippen molar-refractivity contribution in [3.63, 3.8) is 0 Å². The van der Waals surface area contributed by atoms with Gasteiger partial charge in [-0.25, -0.2) is 0 Å². The molecule has 2 aromatic rings. The second kappa shape index (κ2) is 3.91. The normalized spacial score (nSPS) is 15.2. The Hall–Kier alpha value is -1.35. The molecular formula is C13H14N2S. The average Bonchev–Trinajstić information content (AvgIpc) is 3.07. The Balaban J connectivity index is 1.86. The van der Waals surface area contributed by atoms with E-state index in [-0.39, 0.29) is 0 Å². The summed E-state index contributed by atoms with van der Waals surface area (Å²) in [6.45, 7) is 0.840. The molecule has 0 saturated heterocycles. The van der Waals surface area contributed by atoms with E-state index in [0.717, 1.165) is 17.1 Å². The minimum absolute atomic E-state index is 0.735. The van der Waals surface area contributed by atoms with Gasteiger partial charge in [0, 0.05) is 11.6 Å². The van der Waals surface area contributed by atoms with Crippen LogP contribution < -0.4 is 0 Å². The molecule has 0 amide bonds. The van der Waals surface area contributed by atoms with E-state index in [1.165, 1.54) is 24.1 Å². The topological polar surface area (TPSA) is 20.7 Å². The molecule has 1 aliphatic carbocycles. The molecule has 3 heteroatoms. The summed E-state index contributed by atoms with van der Waals surface area (Å²) in [6, 6.07) is 12.5. The zero-order valence-electron chi connectivity index (χ0n) is 9.02. The van der Waals surface area contributed by atoms with Gasteiger partial charge < -0.3 is 5.10 Å². The van der Waals surface area contributed by atoms with Crippen molar-refractivity contribution in [2.24, 2.45) is 0 Å². The van der Waals surface area contributed by atoms with Crippen LogP contribution in [0.25, 0.3) is 0 Å². The minimum atomic E-state index is 0.735. The predicted octanol–water partition coefficient (Wildman–Crippen LogP) is 3.47. The first-order valence-electron chi connectivity index (χ1n) is 5.66. The fourth-order valence-electron chi connectivity index (χ4n) is 1.94. The molecule has 16 heavy (non-hydrogen) atoms. The van der Waals surface area contributed by atoms with Crippen LogP contribution in [0.15, 0.2) is 36.4 Å². The van der Waals surface area contributed by atoms with E-state index in [9.17, 15) is 0 Å². The third-order valence-corrected chi connectivity index (χ3v) is 3.35. The highest BCUT2D eigenvalue weighted by Crippen LogP contribution is 2.39. The second-order valence-electron chi connectivity index (χ2n) is 4.40. The van der Waals surface area contributed by atoms with Crippen molar-refractivity contribution in [2.45, 2.75) is 25.3 Å². The SMILES string of the molecule is S=c1cc(C2CC2)[nH]n1Cc1ccccc1. The van der Waals surface area contributed by atoms with Gasteiger partial charge in [0.2, 0.25) is 0 Å². The maximum Gasteiger partial charge on any atom is 0.122 e. The summed E-state index contributed by atoms with van der Waals surface area (Å²) in [5, 5.41) is 3.40. The minimum Gasteiger partial charge on any atom is -0.301 e. The number of benzene rings is 1. The fourth-order valence-corrected chi connectivity index (χ4v) is 2.18. The Morgan fingerprint density at radius 2 is 2.00 bits per heavy atom. The Labute approximate surface area is 99.9 Å². The van der Waals surface area contributed by atoms with Gasteiger partial charge in [-0.1, -0.05) is 42.5 Å². The van der Waals surface area contributed by atoms with E-state index < -0.39 is 0 Å². The molecule has 3 rings (SSSR count). The molecule has 1 heterocycles. The molecule has 1 saturated carbocycles. The van der Waals surface area contributed by atoms with Crippen LogP contribution in [0, 0.1) is 4.64 Å². The van der Waals surface area contributed by atoms with Crippen molar-refractivity contribution in [3.05, 3.63) is 52.3 Å². The molecule has 0 atom stereocenters. The van der Waals surface area contributed by atoms with Crippen molar-refractivity contribution < 1.29 is 0 Å². The highest BCUT2D eigenvalue weighted by atomic mass is 32.1. The van der Waals surface area contributed by atoms with Gasteiger partial charge in [0.25, 0.3) is 0 Å². The highest BCUT2D eigenvalue weighted by Gasteiger charge is 2.25. The Kier molecular flexibility index (Phi) is 2.40. The van der Waals surface area contributed by atoms with Crippen LogP contribution in [0.3, 0.4) is 0 Å². The van der Waals surface area contributed by atoms with Gasteiger partial charge in [-0.15, -0.1) is 0 Å². The Morgan fingerprint density at radius 3 is 2.69 bits per heavy atom. The molecule has 1 aliphatic rings. The maximum absolute atomic E-state index is 5.35. The van der Waals surface area contributed by atoms with E-state index in [4.69, 9.17) is 12.2 Å². The predicted molar refractivity (Wildman–Crippen MR) is 67.1 cm³/mol. The lowest BCUT2D eigenvalue weighted by Crippen LogP contribution is -2.01. The number of hydrogen-bond donors (Lipinski definition) is 1. The number of hydrogen-bond acceptors (Lipinski definition) is 1. The summed E-state index contributed by atoms with van der Waals surface area (Å²) >= 11 is 5.35. The number of aromatic nitrogens is 2. The molecule has 1 N–H and O–H groups in total. The molecule has 1 aromatic heterocycles. The van der Waals surface area contributed by atoms with Crippen LogP contribution in [0.4, 0.5) is 0 Å². The first kappa shape index (κ1) is 9.85. The lowest BCUT2D eigenvalue weighted by Gasteiger charge is -2.03. The molecule has 0 aliphatic heterocycles. The van der Waals surface area contributed by atoms with Gasteiger partial charge in [0.05, 0.1) is 6.54 Å². The van der Waals surface area contributed by atoms with Crippen LogP contribution in [0.1, 0.15) is 30.0 Å². The zero-order chi connectivity index (χ0) is 11.0. The second-order valence-corrected chi connectivity index (χ2v) is 4.81. The molecule has 2 nitrogen and oxygen atoms in total. The maximum atomic E-state index is 5.35. The molecule has 0 bridgehead atoms. The van der Waals surface area contributed by atoms with Gasteiger partial charge in [-0.3, -0.25) is 4.68 Å². The van der Waals surface area contributed by atoms with Crippen LogP contribution in [0.2, 0.25) is 0 Å². The van der Waals surface area contributed by atoms with Crippen molar-refractivity contribution >= 4 is 12.2 Å². The summed E-state index contributed by atoms with van der Waals surface area (Å²) in [7, 11) is 0. The first-order chi connectivity index (χ1) is 7.83. The molecule has 0 unspecified atom stereocenters. The van der Waals surface area contributed by atoms with Crippen LogP contribution in [0.5, 0.6) is 0 Å². The quantitative estimate of drug-likeness (QED) is 0.801. The van der Waals surface area contributed by atoms with Crippen molar-refractivity contribution in [2.75, 3.05) is 0 Å². The fraction of sp³-hybridized carbons (Fsp3) is 0.308. The third-order valence-electron chi connectivity index (χ3n) is 3.01. The summed E-state index contributed by atoms with van der Waals surface area (Å²) in [5.41, 5.74) is 2.59. The number of H-pyrrole nitrogens is 1. The Bertz CT molecular complexity index is 535. The van der Waals surface area contributed by atoms with E-state index >= 15 is 0 Å². The van der Waals surface area contributed by atoms with Crippen LogP contribution in [-0.2, 0) is 6.54 Å². The van der Waals surface area contributed by atoms with E-state index in [0.29, 0.717) is 0 Å². The largest absolute Gasteiger partial charge is 0.301 e. The number of nitrogens with zero attached hydrogens (tertiary/aromatic N) is 1. The van der Waals surface area contributed by atoms with Crippen molar-refractivity contribution in [1.29, 1.82) is 0 Å². The van der Waals surface area contributed by atoms with Crippen LogP contribution in [-0.4, -0.2) is 9.78 Å². The van der Waals surface area contributed by atoms with Crippen molar-refractivity contribution in [3.8, 4) is 0 Å². The molecule has 0 spiro atoms. The Morgan fingerprint density at radius 1 is 1.25 bits per heavy atom. The molecule has 82 valence electrons. The van der Waals surface area contributed by atoms with Crippen molar-refractivity contribution in [1.82, 2.24) is 9.78 Å². The number of aromatic amines is 1. The summed E-state index contributed by atoms with van der Waals surface area (Å²) in [5.74, 6) is 0.735. The lowest BCUT2D eigenvalue weighted by molar-refractivity contribution is 0.664. The third kappa shape index (κ3) is 1.95. The van der Waals surface area contributed by atoms with Gasteiger partial charge in [0.1, 0.15) is 4.64 Å².